The highest BCUT2D eigenvalue weighted by atomic mass is 19.4. The van der Waals surface area contributed by atoms with E-state index in [9.17, 15) is 13.2 Å². The summed E-state index contributed by atoms with van der Waals surface area (Å²) < 4.78 is 37.8. The molecule has 2 aromatic carbocycles. The van der Waals surface area contributed by atoms with Crippen molar-refractivity contribution < 1.29 is 13.2 Å². The number of aromatic nitrogens is 2. The SMILES string of the molecule is Nc1cc(C(F)(F)F)ccc1-c1nc2ccccc2[nH]1. The normalized spacial score (nSPS) is 11.9. The van der Waals surface area contributed by atoms with E-state index < -0.39 is 11.7 Å². The largest absolute Gasteiger partial charge is 0.416 e. The Balaban J connectivity index is 2.10. The summed E-state index contributed by atoms with van der Waals surface area (Å²) in [6.45, 7) is 0. The lowest BCUT2D eigenvalue weighted by molar-refractivity contribution is -0.137. The van der Waals surface area contributed by atoms with Gasteiger partial charge in [0.15, 0.2) is 0 Å². The third kappa shape index (κ3) is 2.09. The summed E-state index contributed by atoms with van der Waals surface area (Å²) in [5, 5.41) is 0. The number of nitrogens with one attached hydrogen (secondary N) is 1. The van der Waals surface area contributed by atoms with E-state index in [-0.39, 0.29) is 5.69 Å². The van der Waals surface area contributed by atoms with Crippen molar-refractivity contribution in [3.05, 3.63) is 48.0 Å². The fourth-order valence-corrected chi connectivity index (χ4v) is 2.04. The number of rotatable bonds is 1. The second-order valence-corrected chi connectivity index (χ2v) is 4.40. The number of hydrogen-bond donors (Lipinski definition) is 2. The maximum atomic E-state index is 12.6. The molecule has 0 aliphatic rings. The van der Waals surface area contributed by atoms with Crippen molar-refractivity contribution in [3.8, 4) is 11.4 Å². The number of nitrogens with two attached hydrogens (primary N) is 1. The molecule has 0 saturated carbocycles. The van der Waals surface area contributed by atoms with Gasteiger partial charge in [-0.2, -0.15) is 13.2 Å². The standard InChI is InChI=1S/C14H10F3N3/c15-14(16,17)8-5-6-9(10(18)7-8)13-19-11-3-1-2-4-12(11)20-13/h1-7H,18H2,(H,19,20). The Morgan fingerprint density at radius 3 is 2.45 bits per heavy atom. The highest BCUT2D eigenvalue weighted by Gasteiger charge is 2.31. The zero-order chi connectivity index (χ0) is 14.3. The number of para-hydroxylation sites is 2. The van der Waals surface area contributed by atoms with Gasteiger partial charge in [-0.3, -0.25) is 0 Å². The molecule has 0 unspecified atom stereocenters. The topological polar surface area (TPSA) is 54.7 Å². The number of aromatic amines is 1. The number of benzene rings is 2. The number of nitrogen functional groups attached to an aromatic ring is 1. The smallest absolute Gasteiger partial charge is 0.398 e. The Kier molecular flexibility index (Phi) is 2.67. The van der Waals surface area contributed by atoms with Crippen LogP contribution >= 0.6 is 0 Å². The van der Waals surface area contributed by atoms with Gasteiger partial charge in [-0.05, 0) is 30.3 Å². The molecular weight excluding hydrogens is 267 g/mol. The minimum atomic E-state index is -4.40. The van der Waals surface area contributed by atoms with Gasteiger partial charge >= 0.3 is 6.18 Å². The molecule has 3 nitrogen and oxygen atoms in total. The lowest BCUT2D eigenvalue weighted by Gasteiger charge is -2.09. The van der Waals surface area contributed by atoms with Crippen LogP contribution in [-0.2, 0) is 6.18 Å². The van der Waals surface area contributed by atoms with E-state index in [0.717, 1.165) is 23.2 Å². The third-order valence-electron chi connectivity index (χ3n) is 3.02. The molecular formula is C14H10F3N3. The van der Waals surface area contributed by atoms with Crippen LogP contribution in [0.2, 0.25) is 0 Å². The van der Waals surface area contributed by atoms with E-state index >= 15 is 0 Å². The number of fused-ring (bicyclic) bond motifs is 1. The monoisotopic (exact) mass is 277 g/mol. The summed E-state index contributed by atoms with van der Waals surface area (Å²) in [6.07, 6.45) is -4.40. The van der Waals surface area contributed by atoms with Crippen molar-refractivity contribution in [2.24, 2.45) is 0 Å². The summed E-state index contributed by atoms with van der Waals surface area (Å²) in [7, 11) is 0. The van der Waals surface area contributed by atoms with Gasteiger partial charge in [0, 0.05) is 11.3 Å². The van der Waals surface area contributed by atoms with Gasteiger partial charge in [0.25, 0.3) is 0 Å². The molecule has 0 aliphatic heterocycles. The highest BCUT2D eigenvalue weighted by Crippen LogP contribution is 2.34. The lowest BCUT2D eigenvalue weighted by atomic mass is 10.1. The number of H-pyrrole nitrogens is 1. The van der Waals surface area contributed by atoms with Gasteiger partial charge < -0.3 is 10.7 Å². The highest BCUT2D eigenvalue weighted by molar-refractivity contribution is 5.82. The molecule has 6 heteroatoms. The fourth-order valence-electron chi connectivity index (χ4n) is 2.04. The van der Waals surface area contributed by atoms with Crippen molar-refractivity contribution >= 4 is 16.7 Å². The number of nitrogens with zero attached hydrogens (tertiary/aromatic N) is 1. The van der Waals surface area contributed by atoms with Crippen molar-refractivity contribution in [2.45, 2.75) is 6.18 Å². The average Bonchev–Trinajstić information content (AvgIpc) is 2.80. The molecule has 0 fully saturated rings. The molecule has 0 aliphatic carbocycles. The van der Waals surface area contributed by atoms with Crippen LogP contribution in [0.5, 0.6) is 0 Å². The Morgan fingerprint density at radius 1 is 1.05 bits per heavy atom. The average molecular weight is 277 g/mol. The van der Waals surface area contributed by atoms with E-state index in [0.29, 0.717) is 11.4 Å². The zero-order valence-electron chi connectivity index (χ0n) is 10.2. The van der Waals surface area contributed by atoms with Gasteiger partial charge in [0.2, 0.25) is 0 Å². The predicted molar refractivity (Wildman–Crippen MR) is 70.9 cm³/mol. The van der Waals surface area contributed by atoms with Crippen molar-refractivity contribution in [1.29, 1.82) is 0 Å². The fraction of sp³-hybridized carbons (Fsp3) is 0.0714. The predicted octanol–water partition coefficient (Wildman–Crippen LogP) is 3.83. The molecule has 3 N–H and O–H groups in total. The molecule has 0 amide bonds. The van der Waals surface area contributed by atoms with Gasteiger partial charge in [0.1, 0.15) is 5.82 Å². The van der Waals surface area contributed by atoms with Crippen LogP contribution in [0.3, 0.4) is 0 Å². The zero-order valence-corrected chi connectivity index (χ0v) is 10.2. The van der Waals surface area contributed by atoms with Crippen LogP contribution in [0.25, 0.3) is 22.4 Å². The molecule has 0 radical (unpaired) electrons. The summed E-state index contributed by atoms with van der Waals surface area (Å²) in [5.41, 5.74) is 6.98. The molecule has 20 heavy (non-hydrogen) atoms. The Morgan fingerprint density at radius 2 is 1.80 bits per heavy atom. The molecule has 1 aromatic heterocycles. The number of hydrogen-bond acceptors (Lipinski definition) is 2. The van der Waals surface area contributed by atoms with Gasteiger partial charge in [-0.25, -0.2) is 4.98 Å². The molecule has 0 saturated heterocycles. The van der Waals surface area contributed by atoms with Crippen LogP contribution in [0.4, 0.5) is 18.9 Å². The van der Waals surface area contributed by atoms with Crippen LogP contribution < -0.4 is 5.73 Å². The van der Waals surface area contributed by atoms with E-state index in [1.54, 1.807) is 0 Å². The van der Waals surface area contributed by atoms with E-state index in [4.69, 9.17) is 5.73 Å². The van der Waals surface area contributed by atoms with Crippen molar-refractivity contribution in [3.63, 3.8) is 0 Å². The summed E-state index contributed by atoms with van der Waals surface area (Å²) in [5.74, 6) is 0.456. The molecule has 0 spiro atoms. The number of imidazole rings is 1. The first kappa shape index (κ1) is 12.5. The van der Waals surface area contributed by atoms with E-state index in [1.165, 1.54) is 6.07 Å². The van der Waals surface area contributed by atoms with Crippen LogP contribution in [-0.4, -0.2) is 9.97 Å². The van der Waals surface area contributed by atoms with Crippen LogP contribution in [0, 0.1) is 0 Å². The van der Waals surface area contributed by atoms with Gasteiger partial charge in [0.05, 0.1) is 16.6 Å². The number of halogens is 3. The first-order valence-electron chi connectivity index (χ1n) is 5.87. The maximum absolute atomic E-state index is 12.6. The summed E-state index contributed by atoms with van der Waals surface area (Å²) in [6, 6.07) is 10.6. The number of anilines is 1. The minimum absolute atomic E-state index is 0.0406. The van der Waals surface area contributed by atoms with Crippen molar-refractivity contribution in [1.82, 2.24) is 9.97 Å². The van der Waals surface area contributed by atoms with Crippen LogP contribution in [0.1, 0.15) is 5.56 Å². The second kappa shape index (κ2) is 4.26. The van der Waals surface area contributed by atoms with Gasteiger partial charge in [-0.1, -0.05) is 12.1 Å². The Bertz CT molecular complexity index is 742. The number of alkyl halides is 3. The summed E-state index contributed by atoms with van der Waals surface area (Å²) in [4.78, 5) is 7.36. The first-order chi connectivity index (χ1) is 9.45. The Hall–Kier alpha value is -2.50. The molecule has 1 heterocycles. The maximum Gasteiger partial charge on any atom is 0.416 e. The Labute approximate surface area is 112 Å². The van der Waals surface area contributed by atoms with Crippen LogP contribution in [0.15, 0.2) is 42.5 Å². The third-order valence-corrected chi connectivity index (χ3v) is 3.02. The van der Waals surface area contributed by atoms with E-state index in [1.807, 2.05) is 24.3 Å². The molecule has 3 rings (SSSR count). The lowest BCUT2D eigenvalue weighted by Crippen LogP contribution is -2.06. The van der Waals surface area contributed by atoms with Gasteiger partial charge in [-0.15, -0.1) is 0 Å². The van der Waals surface area contributed by atoms with E-state index in [2.05, 4.69) is 9.97 Å². The molecule has 3 aromatic rings. The second-order valence-electron chi connectivity index (χ2n) is 4.40. The first-order valence-corrected chi connectivity index (χ1v) is 5.87. The molecule has 102 valence electrons. The quantitative estimate of drug-likeness (QED) is 0.664. The molecule has 0 atom stereocenters. The summed E-state index contributed by atoms with van der Waals surface area (Å²) >= 11 is 0. The molecule has 0 bridgehead atoms. The minimum Gasteiger partial charge on any atom is -0.398 e. The van der Waals surface area contributed by atoms with Crippen molar-refractivity contribution in [2.75, 3.05) is 5.73 Å².